The average molecular weight is 287 g/mol. The molecule has 20 heavy (non-hydrogen) atoms. The molecule has 0 bridgehead atoms. The van der Waals surface area contributed by atoms with Gasteiger partial charge >= 0.3 is 12.0 Å². The number of aliphatic carboxylic acids is 1. The number of nitrogens with zero attached hydrogens (tertiary/aromatic N) is 1. The van der Waals surface area contributed by atoms with Gasteiger partial charge in [0.05, 0.1) is 6.42 Å². The Balaban J connectivity index is 4.77. The minimum Gasteiger partial charge on any atom is -0.480 e. The second-order valence-corrected chi connectivity index (χ2v) is 5.70. The Morgan fingerprint density at radius 2 is 1.55 bits per heavy atom. The number of amides is 3. The number of primary amides is 1. The van der Waals surface area contributed by atoms with E-state index in [-0.39, 0.29) is 11.8 Å². The van der Waals surface area contributed by atoms with Crippen molar-refractivity contribution in [2.24, 2.45) is 17.6 Å². The van der Waals surface area contributed by atoms with E-state index in [1.807, 2.05) is 27.7 Å². The van der Waals surface area contributed by atoms with Crippen LogP contribution in [0, 0.1) is 11.8 Å². The summed E-state index contributed by atoms with van der Waals surface area (Å²) in [6, 6.07) is -1.78. The van der Waals surface area contributed by atoms with E-state index in [0.29, 0.717) is 13.1 Å². The molecule has 0 aliphatic heterocycles. The number of urea groups is 1. The van der Waals surface area contributed by atoms with Crippen molar-refractivity contribution in [1.29, 1.82) is 0 Å². The molecule has 1 atom stereocenters. The molecule has 0 radical (unpaired) electrons. The van der Waals surface area contributed by atoms with Gasteiger partial charge in [0.25, 0.3) is 0 Å². The SMILES string of the molecule is CC(C)CN(CC(C)C)C(=O)NC(CC(N)=O)C(=O)O. The maximum Gasteiger partial charge on any atom is 0.326 e. The molecule has 0 aromatic rings. The van der Waals surface area contributed by atoms with Crippen LogP contribution in [0.4, 0.5) is 4.79 Å². The Morgan fingerprint density at radius 1 is 1.10 bits per heavy atom. The molecule has 0 fully saturated rings. The lowest BCUT2D eigenvalue weighted by molar-refractivity contribution is -0.141. The Morgan fingerprint density at radius 3 is 1.85 bits per heavy atom. The van der Waals surface area contributed by atoms with E-state index >= 15 is 0 Å². The van der Waals surface area contributed by atoms with Gasteiger partial charge in [-0.3, -0.25) is 4.79 Å². The molecule has 116 valence electrons. The lowest BCUT2D eigenvalue weighted by Crippen LogP contribution is -2.50. The Hall–Kier alpha value is -1.79. The molecule has 0 aromatic carbocycles. The molecule has 0 spiro atoms. The third-order valence-electron chi connectivity index (χ3n) is 2.46. The minimum atomic E-state index is -1.29. The first-order chi connectivity index (χ1) is 9.13. The first-order valence-corrected chi connectivity index (χ1v) is 6.70. The van der Waals surface area contributed by atoms with Gasteiger partial charge in [0, 0.05) is 13.1 Å². The van der Waals surface area contributed by atoms with Crippen LogP contribution in [0.3, 0.4) is 0 Å². The highest BCUT2D eigenvalue weighted by atomic mass is 16.4. The van der Waals surface area contributed by atoms with Crippen LogP contribution >= 0.6 is 0 Å². The number of carbonyl (C=O) groups is 3. The van der Waals surface area contributed by atoms with Crippen molar-refractivity contribution < 1.29 is 19.5 Å². The number of nitrogens with two attached hydrogens (primary N) is 1. The van der Waals surface area contributed by atoms with Gasteiger partial charge in [-0.1, -0.05) is 27.7 Å². The first-order valence-electron chi connectivity index (χ1n) is 6.70. The predicted molar refractivity (Wildman–Crippen MR) is 75.0 cm³/mol. The number of carboxylic acids is 1. The summed E-state index contributed by atoms with van der Waals surface area (Å²) in [6.45, 7) is 8.93. The van der Waals surface area contributed by atoms with Crippen molar-refractivity contribution in [2.75, 3.05) is 13.1 Å². The zero-order valence-corrected chi connectivity index (χ0v) is 12.5. The topological polar surface area (TPSA) is 113 Å². The van der Waals surface area contributed by atoms with Crippen molar-refractivity contribution in [1.82, 2.24) is 10.2 Å². The fourth-order valence-corrected chi connectivity index (χ4v) is 1.76. The van der Waals surface area contributed by atoms with Gasteiger partial charge in [0.15, 0.2) is 0 Å². The van der Waals surface area contributed by atoms with Crippen molar-refractivity contribution in [3.05, 3.63) is 0 Å². The van der Waals surface area contributed by atoms with Gasteiger partial charge in [0.1, 0.15) is 6.04 Å². The van der Waals surface area contributed by atoms with E-state index < -0.39 is 30.4 Å². The van der Waals surface area contributed by atoms with E-state index in [1.165, 1.54) is 0 Å². The zero-order chi connectivity index (χ0) is 15.9. The molecule has 0 aliphatic carbocycles. The number of carboxylic acid groups (broad SMARTS) is 1. The number of nitrogens with one attached hydrogen (secondary N) is 1. The van der Waals surface area contributed by atoms with Crippen LogP contribution in [-0.2, 0) is 9.59 Å². The lowest BCUT2D eigenvalue weighted by Gasteiger charge is -2.28. The fraction of sp³-hybridized carbons (Fsp3) is 0.769. The average Bonchev–Trinajstić information content (AvgIpc) is 2.24. The maximum atomic E-state index is 12.1. The van der Waals surface area contributed by atoms with Crippen LogP contribution in [-0.4, -0.2) is 47.0 Å². The van der Waals surface area contributed by atoms with Gasteiger partial charge in [-0.05, 0) is 11.8 Å². The smallest absolute Gasteiger partial charge is 0.326 e. The number of hydrogen-bond donors (Lipinski definition) is 3. The second kappa shape index (κ2) is 8.39. The van der Waals surface area contributed by atoms with Crippen molar-refractivity contribution in [3.63, 3.8) is 0 Å². The zero-order valence-electron chi connectivity index (χ0n) is 12.5. The molecule has 7 heteroatoms. The monoisotopic (exact) mass is 287 g/mol. The highest BCUT2D eigenvalue weighted by Gasteiger charge is 2.25. The molecule has 0 aliphatic rings. The minimum absolute atomic E-state index is 0.263. The third-order valence-corrected chi connectivity index (χ3v) is 2.46. The summed E-state index contributed by atoms with van der Waals surface area (Å²) in [6.07, 6.45) is -0.418. The molecule has 0 aromatic heterocycles. The summed E-state index contributed by atoms with van der Waals surface area (Å²) < 4.78 is 0. The Kier molecular flexibility index (Phi) is 7.64. The highest BCUT2D eigenvalue weighted by molar-refractivity contribution is 5.87. The molecular formula is C13H25N3O4. The lowest BCUT2D eigenvalue weighted by atomic mass is 10.1. The standard InChI is InChI=1S/C13H25N3O4/c1-8(2)6-16(7-9(3)4)13(20)15-10(12(18)19)5-11(14)17/h8-10H,5-7H2,1-4H3,(H2,14,17)(H,15,20)(H,18,19). The van der Waals surface area contributed by atoms with Gasteiger partial charge < -0.3 is 21.1 Å². The molecular weight excluding hydrogens is 262 g/mol. The Labute approximate surface area is 119 Å². The Bertz CT molecular complexity index is 346. The summed E-state index contributed by atoms with van der Waals surface area (Å²) in [7, 11) is 0. The van der Waals surface area contributed by atoms with Crippen LogP contribution < -0.4 is 11.1 Å². The predicted octanol–water partition coefficient (Wildman–Crippen LogP) is 0.639. The van der Waals surface area contributed by atoms with Gasteiger partial charge in [-0.2, -0.15) is 0 Å². The molecule has 0 rings (SSSR count). The molecule has 3 amide bonds. The molecule has 0 saturated heterocycles. The molecule has 7 nitrogen and oxygen atoms in total. The normalized spacial score (nSPS) is 12.3. The van der Waals surface area contributed by atoms with E-state index in [9.17, 15) is 14.4 Å². The summed E-state index contributed by atoms with van der Waals surface area (Å²) in [5.74, 6) is -1.51. The molecule has 4 N–H and O–H groups in total. The quantitative estimate of drug-likeness (QED) is 0.608. The van der Waals surface area contributed by atoms with Crippen molar-refractivity contribution in [3.8, 4) is 0 Å². The summed E-state index contributed by atoms with van der Waals surface area (Å²) >= 11 is 0. The van der Waals surface area contributed by atoms with Crippen molar-refractivity contribution >= 4 is 17.9 Å². The van der Waals surface area contributed by atoms with Crippen LogP contribution in [0.2, 0.25) is 0 Å². The summed E-state index contributed by atoms with van der Waals surface area (Å²) in [5, 5.41) is 11.3. The fourth-order valence-electron chi connectivity index (χ4n) is 1.76. The van der Waals surface area contributed by atoms with Crippen LogP contribution in [0.15, 0.2) is 0 Å². The van der Waals surface area contributed by atoms with E-state index in [1.54, 1.807) is 4.90 Å². The molecule has 0 heterocycles. The third kappa shape index (κ3) is 7.60. The molecule has 0 saturated carbocycles. The largest absolute Gasteiger partial charge is 0.480 e. The van der Waals surface area contributed by atoms with Crippen LogP contribution in [0.5, 0.6) is 0 Å². The maximum absolute atomic E-state index is 12.1. The second-order valence-electron chi connectivity index (χ2n) is 5.70. The highest BCUT2D eigenvalue weighted by Crippen LogP contribution is 2.05. The van der Waals surface area contributed by atoms with Crippen LogP contribution in [0.25, 0.3) is 0 Å². The van der Waals surface area contributed by atoms with Crippen LogP contribution in [0.1, 0.15) is 34.1 Å². The van der Waals surface area contributed by atoms with E-state index in [0.717, 1.165) is 0 Å². The number of rotatable bonds is 8. The first kappa shape index (κ1) is 18.2. The molecule has 1 unspecified atom stereocenters. The van der Waals surface area contributed by atoms with Gasteiger partial charge in [0.2, 0.25) is 5.91 Å². The van der Waals surface area contributed by atoms with Gasteiger partial charge in [-0.25, -0.2) is 9.59 Å². The van der Waals surface area contributed by atoms with Crippen molar-refractivity contribution in [2.45, 2.75) is 40.2 Å². The van der Waals surface area contributed by atoms with E-state index in [2.05, 4.69) is 5.32 Å². The van der Waals surface area contributed by atoms with Gasteiger partial charge in [-0.15, -0.1) is 0 Å². The number of carbonyl (C=O) groups excluding carboxylic acids is 2. The number of hydrogen-bond acceptors (Lipinski definition) is 3. The van der Waals surface area contributed by atoms with E-state index in [4.69, 9.17) is 10.8 Å². The summed E-state index contributed by atoms with van der Waals surface area (Å²) in [4.78, 5) is 35.5. The summed E-state index contributed by atoms with van der Waals surface area (Å²) in [5.41, 5.74) is 4.98.